The number of hydrogen-bond donors (Lipinski definition) is 2. The van der Waals surface area contributed by atoms with E-state index in [4.69, 9.17) is 0 Å². The van der Waals surface area contributed by atoms with E-state index in [-0.39, 0.29) is 6.03 Å². The Balaban J connectivity index is 1.53. The Hall–Kier alpha value is -2.37. The molecule has 3 rings (SSSR count). The van der Waals surface area contributed by atoms with Gasteiger partial charge in [-0.1, -0.05) is 42.0 Å². The Morgan fingerprint density at radius 3 is 2.86 bits per heavy atom. The molecule has 2 N–H and O–H groups in total. The summed E-state index contributed by atoms with van der Waals surface area (Å²) in [5.41, 5.74) is 1.38. The highest BCUT2D eigenvalue weighted by molar-refractivity contribution is 5.87. The third-order valence-electron chi connectivity index (χ3n) is 4.26. The number of urea groups is 1. The molecule has 1 aliphatic rings. The Labute approximate surface area is 129 Å². The number of carbonyl (C=O) groups is 1. The van der Waals surface area contributed by atoms with Crippen molar-refractivity contribution < 1.29 is 4.79 Å². The van der Waals surface area contributed by atoms with E-state index in [0.717, 1.165) is 6.42 Å². The molecular formula is C16H21N5O. The summed E-state index contributed by atoms with van der Waals surface area (Å²) in [7, 11) is 1.76. The molecule has 2 aromatic rings. The molecule has 0 spiro atoms. The first-order valence-corrected chi connectivity index (χ1v) is 7.68. The Kier molecular flexibility index (Phi) is 4.37. The molecule has 0 unspecified atom stereocenters. The molecule has 0 bridgehead atoms. The first-order chi connectivity index (χ1) is 10.7. The first-order valence-electron chi connectivity index (χ1n) is 7.68. The summed E-state index contributed by atoms with van der Waals surface area (Å²) < 4.78 is 1.55. The minimum atomic E-state index is -0.223. The third kappa shape index (κ3) is 3.44. The number of nitrogens with one attached hydrogen (secondary N) is 2. The van der Waals surface area contributed by atoms with Crippen molar-refractivity contribution in [2.24, 2.45) is 13.0 Å². The van der Waals surface area contributed by atoms with Gasteiger partial charge in [0.2, 0.25) is 0 Å². The van der Waals surface area contributed by atoms with E-state index in [0.29, 0.717) is 24.2 Å². The van der Waals surface area contributed by atoms with Crippen LogP contribution in [0, 0.1) is 5.92 Å². The molecule has 1 heterocycles. The minimum Gasteiger partial charge on any atom is -0.338 e. The summed E-state index contributed by atoms with van der Waals surface area (Å²) >= 11 is 0. The number of hydrogen-bond acceptors (Lipinski definition) is 3. The standard InChI is InChI=1S/C16H21N5O/c1-21-11-15(19-20-21)18-16(22)17-10-13-8-5-9-14(13)12-6-3-2-4-7-12/h2-4,6-7,11,13-14H,5,8-10H2,1H3,(H2,17,18,22)/t13-,14-/m1/s1. The van der Waals surface area contributed by atoms with Crippen LogP contribution >= 0.6 is 0 Å². The largest absolute Gasteiger partial charge is 0.338 e. The lowest BCUT2D eigenvalue weighted by Gasteiger charge is -2.20. The van der Waals surface area contributed by atoms with Crippen molar-refractivity contribution >= 4 is 11.8 Å². The lowest BCUT2D eigenvalue weighted by Crippen LogP contribution is -2.33. The normalized spacial score (nSPS) is 20.8. The average Bonchev–Trinajstić information content (AvgIpc) is 3.15. The van der Waals surface area contributed by atoms with Gasteiger partial charge in [-0.05, 0) is 30.2 Å². The van der Waals surface area contributed by atoms with Crippen LogP contribution in [0.5, 0.6) is 0 Å². The van der Waals surface area contributed by atoms with E-state index in [1.165, 1.54) is 18.4 Å². The Morgan fingerprint density at radius 2 is 2.14 bits per heavy atom. The van der Waals surface area contributed by atoms with Gasteiger partial charge in [-0.3, -0.25) is 10.00 Å². The van der Waals surface area contributed by atoms with Crippen molar-refractivity contribution in [3.8, 4) is 0 Å². The number of benzene rings is 1. The highest BCUT2D eigenvalue weighted by Gasteiger charge is 2.28. The predicted molar refractivity (Wildman–Crippen MR) is 84.5 cm³/mol. The van der Waals surface area contributed by atoms with E-state index in [2.05, 4.69) is 45.2 Å². The van der Waals surface area contributed by atoms with E-state index < -0.39 is 0 Å². The zero-order valence-corrected chi connectivity index (χ0v) is 12.7. The maximum Gasteiger partial charge on any atom is 0.320 e. The number of aryl methyl sites for hydroxylation is 1. The molecule has 0 radical (unpaired) electrons. The van der Waals surface area contributed by atoms with Crippen molar-refractivity contribution in [3.05, 3.63) is 42.1 Å². The van der Waals surface area contributed by atoms with Crippen LogP contribution in [0.4, 0.5) is 10.6 Å². The molecular weight excluding hydrogens is 278 g/mol. The number of anilines is 1. The van der Waals surface area contributed by atoms with Gasteiger partial charge in [-0.25, -0.2) is 4.79 Å². The van der Waals surface area contributed by atoms with Crippen LogP contribution in [0.25, 0.3) is 0 Å². The third-order valence-corrected chi connectivity index (χ3v) is 4.26. The maximum absolute atomic E-state index is 11.9. The van der Waals surface area contributed by atoms with Crippen molar-refractivity contribution in [1.82, 2.24) is 20.3 Å². The minimum absolute atomic E-state index is 0.223. The van der Waals surface area contributed by atoms with Crippen molar-refractivity contribution in [1.29, 1.82) is 0 Å². The van der Waals surface area contributed by atoms with Crippen LogP contribution in [0.1, 0.15) is 30.7 Å². The van der Waals surface area contributed by atoms with Gasteiger partial charge in [0.05, 0.1) is 6.20 Å². The van der Waals surface area contributed by atoms with Gasteiger partial charge in [0, 0.05) is 13.6 Å². The number of carbonyl (C=O) groups excluding carboxylic acids is 1. The molecule has 2 atom stereocenters. The zero-order chi connectivity index (χ0) is 15.4. The summed E-state index contributed by atoms with van der Waals surface area (Å²) in [6, 6.07) is 10.3. The molecule has 0 aliphatic heterocycles. The van der Waals surface area contributed by atoms with E-state index in [9.17, 15) is 4.79 Å². The maximum atomic E-state index is 11.9. The van der Waals surface area contributed by atoms with Crippen LogP contribution in [-0.4, -0.2) is 27.6 Å². The molecule has 6 heteroatoms. The topological polar surface area (TPSA) is 71.8 Å². The van der Waals surface area contributed by atoms with Gasteiger partial charge < -0.3 is 5.32 Å². The monoisotopic (exact) mass is 299 g/mol. The van der Waals surface area contributed by atoms with Crippen LogP contribution in [0.15, 0.2) is 36.5 Å². The summed E-state index contributed by atoms with van der Waals surface area (Å²) in [5, 5.41) is 13.3. The highest BCUT2D eigenvalue weighted by Crippen LogP contribution is 2.39. The molecule has 116 valence electrons. The Morgan fingerprint density at radius 1 is 1.32 bits per heavy atom. The number of nitrogens with zero attached hydrogens (tertiary/aromatic N) is 3. The molecule has 22 heavy (non-hydrogen) atoms. The van der Waals surface area contributed by atoms with Crippen molar-refractivity contribution in [2.75, 3.05) is 11.9 Å². The number of aromatic nitrogens is 3. The Bertz CT molecular complexity index is 624. The summed E-state index contributed by atoms with van der Waals surface area (Å²) in [6.45, 7) is 0.686. The molecule has 1 saturated carbocycles. The lowest BCUT2D eigenvalue weighted by molar-refractivity contribution is 0.249. The van der Waals surface area contributed by atoms with Gasteiger partial charge in [-0.2, -0.15) is 0 Å². The van der Waals surface area contributed by atoms with Crippen LogP contribution < -0.4 is 10.6 Å². The molecule has 6 nitrogen and oxygen atoms in total. The quantitative estimate of drug-likeness (QED) is 0.911. The van der Waals surface area contributed by atoms with E-state index in [1.807, 2.05) is 6.07 Å². The first kappa shape index (κ1) is 14.6. The fraction of sp³-hybridized carbons (Fsp3) is 0.438. The second-order valence-corrected chi connectivity index (χ2v) is 5.82. The molecule has 1 aromatic heterocycles. The van der Waals surface area contributed by atoms with Crippen LogP contribution in [0.3, 0.4) is 0 Å². The van der Waals surface area contributed by atoms with Gasteiger partial charge in [0.1, 0.15) is 0 Å². The zero-order valence-electron chi connectivity index (χ0n) is 12.7. The second kappa shape index (κ2) is 6.60. The van der Waals surface area contributed by atoms with E-state index >= 15 is 0 Å². The molecule has 1 fully saturated rings. The SMILES string of the molecule is Cn1cc(NC(=O)NC[C@H]2CCC[C@@H]2c2ccccc2)nn1. The van der Waals surface area contributed by atoms with Gasteiger partial charge in [0.25, 0.3) is 0 Å². The average molecular weight is 299 g/mol. The molecule has 1 aliphatic carbocycles. The van der Waals surface area contributed by atoms with Crippen molar-refractivity contribution in [2.45, 2.75) is 25.2 Å². The number of amides is 2. The van der Waals surface area contributed by atoms with E-state index in [1.54, 1.807) is 17.9 Å². The van der Waals surface area contributed by atoms with Gasteiger partial charge >= 0.3 is 6.03 Å². The molecule has 2 amide bonds. The smallest absolute Gasteiger partial charge is 0.320 e. The van der Waals surface area contributed by atoms with Crippen molar-refractivity contribution in [3.63, 3.8) is 0 Å². The fourth-order valence-corrected chi connectivity index (χ4v) is 3.21. The number of rotatable bonds is 4. The predicted octanol–water partition coefficient (Wildman–Crippen LogP) is 2.52. The molecule has 1 aromatic carbocycles. The highest BCUT2D eigenvalue weighted by atomic mass is 16.2. The van der Waals surface area contributed by atoms with Gasteiger partial charge in [0.15, 0.2) is 5.82 Å². The summed E-state index contributed by atoms with van der Waals surface area (Å²) in [6.07, 6.45) is 5.24. The van der Waals surface area contributed by atoms with Crippen LogP contribution in [0.2, 0.25) is 0 Å². The summed E-state index contributed by atoms with van der Waals surface area (Å²) in [5.74, 6) is 1.50. The fourth-order valence-electron chi connectivity index (χ4n) is 3.21. The van der Waals surface area contributed by atoms with Gasteiger partial charge in [-0.15, -0.1) is 5.10 Å². The lowest BCUT2D eigenvalue weighted by atomic mass is 9.89. The molecule has 0 saturated heterocycles. The second-order valence-electron chi connectivity index (χ2n) is 5.82. The van der Waals surface area contributed by atoms with Crippen LogP contribution in [-0.2, 0) is 7.05 Å². The summed E-state index contributed by atoms with van der Waals surface area (Å²) in [4.78, 5) is 11.9.